The molecule has 0 saturated carbocycles. The molecule has 0 aromatic heterocycles. The van der Waals surface area contributed by atoms with Crippen molar-refractivity contribution in [2.45, 2.75) is 19.1 Å². The van der Waals surface area contributed by atoms with Crippen LogP contribution in [0.1, 0.15) is 6.92 Å². The van der Waals surface area contributed by atoms with Crippen LogP contribution in [-0.4, -0.2) is 61.4 Å². The number of nitrogens with zero attached hydrogens (tertiary/aromatic N) is 1. The second-order valence-corrected chi connectivity index (χ2v) is 3.52. The van der Waals surface area contributed by atoms with E-state index < -0.39 is 12.2 Å². The van der Waals surface area contributed by atoms with Crippen LogP contribution in [0.2, 0.25) is 0 Å². The second kappa shape index (κ2) is 5.29. The molecule has 2 unspecified atom stereocenters. The van der Waals surface area contributed by atoms with Gasteiger partial charge in [-0.1, -0.05) is 0 Å². The molecule has 1 heterocycles. The molecule has 0 bridgehead atoms. The van der Waals surface area contributed by atoms with E-state index in [9.17, 15) is 9.90 Å². The van der Waals surface area contributed by atoms with E-state index in [-0.39, 0.29) is 5.91 Å². The lowest BCUT2D eigenvalue weighted by atomic mass is 10.3. The molecule has 1 rings (SSSR count). The third-order valence-electron chi connectivity index (χ3n) is 2.38. The SMILES string of the molecule is COC(C)C(=O)N1CCNCC(O)C1. The number of aliphatic hydroxyl groups excluding tert-OH is 1. The molecule has 14 heavy (non-hydrogen) atoms. The monoisotopic (exact) mass is 202 g/mol. The first-order chi connectivity index (χ1) is 6.65. The van der Waals surface area contributed by atoms with Crippen LogP contribution in [0, 0.1) is 0 Å². The average Bonchev–Trinajstić information content (AvgIpc) is 2.40. The molecule has 0 aromatic carbocycles. The van der Waals surface area contributed by atoms with Crippen molar-refractivity contribution in [3.63, 3.8) is 0 Å². The number of rotatable bonds is 2. The molecule has 1 amide bonds. The Bertz CT molecular complexity index is 198. The molecular weight excluding hydrogens is 184 g/mol. The van der Waals surface area contributed by atoms with Gasteiger partial charge in [0.25, 0.3) is 5.91 Å². The van der Waals surface area contributed by atoms with E-state index in [1.165, 1.54) is 7.11 Å². The minimum absolute atomic E-state index is 0.0600. The second-order valence-electron chi connectivity index (χ2n) is 3.52. The molecule has 1 saturated heterocycles. The molecule has 5 heteroatoms. The maximum atomic E-state index is 11.7. The topological polar surface area (TPSA) is 61.8 Å². The number of hydrogen-bond donors (Lipinski definition) is 2. The molecule has 82 valence electrons. The lowest BCUT2D eigenvalue weighted by Gasteiger charge is -2.24. The van der Waals surface area contributed by atoms with Crippen molar-refractivity contribution in [2.75, 3.05) is 33.3 Å². The van der Waals surface area contributed by atoms with Gasteiger partial charge in [-0.2, -0.15) is 0 Å². The van der Waals surface area contributed by atoms with Gasteiger partial charge < -0.3 is 20.1 Å². The Kier molecular flexibility index (Phi) is 4.31. The lowest BCUT2D eigenvalue weighted by Crippen LogP contribution is -2.43. The smallest absolute Gasteiger partial charge is 0.251 e. The fraction of sp³-hybridized carbons (Fsp3) is 0.889. The largest absolute Gasteiger partial charge is 0.390 e. The van der Waals surface area contributed by atoms with Crippen molar-refractivity contribution in [2.24, 2.45) is 0 Å². The van der Waals surface area contributed by atoms with E-state index in [0.29, 0.717) is 19.6 Å². The summed E-state index contributed by atoms with van der Waals surface area (Å²) in [5, 5.41) is 12.5. The Morgan fingerprint density at radius 3 is 3.07 bits per heavy atom. The highest BCUT2D eigenvalue weighted by Crippen LogP contribution is 2.02. The Labute approximate surface area is 84.0 Å². The predicted molar refractivity (Wildman–Crippen MR) is 51.9 cm³/mol. The van der Waals surface area contributed by atoms with E-state index in [4.69, 9.17) is 4.74 Å². The van der Waals surface area contributed by atoms with E-state index in [0.717, 1.165) is 6.54 Å². The normalized spacial score (nSPS) is 25.6. The number of carbonyl (C=O) groups is 1. The number of methoxy groups -OCH3 is 1. The van der Waals surface area contributed by atoms with Crippen molar-refractivity contribution >= 4 is 5.91 Å². The average molecular weight is 202 g/mol. The third kappa shape index (κ3) is 2.94. The number of amides is 1. The molecular formula is C9H18N2O3. The van der Waals surface area contributed by atoms with Crippen molar-refractivity contribution in [3.05, 3.63) is 0 Å². The van der Waals surface area contributed by atoms with E-state index in [1.54, 1.807) is 11.8 Å². The Morgan fingerprint density at radius 2 is 2.43 bits per heavy atom. The maximum Gasteiger partial charge on any atom is 0.251 e. The third-order valence-corrected chi connectivity index (χ3v) is 2.38. The number of carbonyl (C=O) groups excluding carboxylic acids is 1. The molecule has 1 aliphatic heterocycles. The summed E-state index contributed by atoms with van der Waals surface area (Å²) in [4.78, 5) is 13.3. The van der Waals surface area contributed by atoms with Gasteiger partial charge in [-0.25, -0.2) is 0 Å². The summed E-state index contributed by atoms with van der Waals surface area (Å²) >= 11 is 0. The van der Waals surface area contributed by atoms with E-state index >= 15 is 0 Å². The Morgan fingerprint density at radius 1 is 1.71 bits per heavy atom. The van der Waals surface area contributed by atoms with Gasteiger partial charge in [-0.3, -0.25) is 4.79 Å². The molecule has 2 N–H and O–H groups in total. The van der Waals surface area contributed by atoms with Gasteiger partial charge in [0.05, 0.1) is 6.10 Å². The zero-order chi connectivity index (χ0) is 10.6. The predicted octanol–water partition coefficient (Wildman–Crippen LogP) is -1.19. The summed E-state index contributed by atoms with van der Waals surface area (Å²) in [5.41, 5.74) is 0. The number of hydrogen-bond acceptors (Lipinski definition) is 4. The summed E-state index contributed by atoms with van der Waals surface area (Å²) in [5.74, 6) is -0.0600. The molecule has 0 radical (unpaired) electrons. The van der Waals surface area contributed by atoms with Crippen LogP contribution in [0.15, 0.2) is 0 Å². The minimum atomic E-state index is -0.481. The minimum Gasteiger partial charge on any atom is -0.390 e. The molecule has 2 atom stereocenters. The summed E-state index contributed by atoms with van der Waals surface area (Å²) in [6.07, 6.45) is -0.911. The summed E-state index contributed by atoms with van der Waals surface area (Å²) in [6.45, 7) is 4.00. The van der Waals surface area contributed by atoms with E-state index in [2.05, 4.69) is 5.32 Å². The molecule has 1 fully saturated rings. The van der Waals surface area contributed by atoms with Gasteiger partial charge in [-0.15, -0.1) is 0 Å². The van der Waals surface area contributed by atoms with Crippen LogP contribution in [-0.2, 0) is 9.53 Å². The molecule has 0 aliphatic carbocycles. The summed E-state index contributed by atoms with van der Waals surface area (Å²) in [7, 11) is 1.51. The highest BCUT2D eigenvalue weighted by Gasteiger charge is 2.23. The van der Waals surface area contributed by atoms with Crippen molar-refractivity contribution in [1.29, 1.82) is 0 Å². The number of aliphatic hydroxyl groups is 1. The van der Waals surface area contributed by atoms with Crippen molar-refractivity contribution in [3.8, 4) is 0 Å². The zero-order valence-electron chi connectivity index (χ0n) is 8.69. The highest BCUT2D eigenvalue weighted by atomic mass is 16.5. The first kappa shape index (κ1) is 11.4. The van der Waals surface area contributed by atoms with Crippen LogP contribution in [0.4, 0.5) is 0 Å². The van der Waals surface area contributed by atoms with Gasteiger partial charge in [0, 0.05) is 33.3 Å². The highest BCUT2D eigenvalue weighted by molar-refractivity contribution is 5.80. The van der Waals surface area contributed by atoms with Crippen LogP contribution in [0.5, 0.6) is 0 Å². The van der Waals surface area contributed by atoms with Gasteiger partial charge >= 0.3 is 0 Å². The Hall–Kier alpha value is -0.650. The van der Waals surface area contributed by atoms with Gasteiger partial charge in [0.2, 0.25) is 0 Å². The standard InChI is InChI=1S/C9H18N2O3/c1-7(14-2)9(13)11-4-3-10-5-8(12)6-11/h7-8,10,12H,3-6H2,1-2H3. The quantitative estimate of drug-likeness (QED) is 0.591. The number of nitrogens with one attached hydrogen (secondary N) is 1. The Balaban J connectivity index is 2.52. The molecule has 5 nitrogen and oxygen atoms in total. The lowest BCUT2D eigenvalue weighted by molar-refractivity contribution is -0.141. The van der Waals surface area contributed by atoms with Crippen LogP contribution < -0.4 is 5.32 Å². The van der Waals surface area contributed by atoms with Crippen molar-refractivity contribution in [1.82, 2.24) is 10.2 Å². The molecule has 0 aromatic rings. The maximum absolute atomic E-state index is 11.7. The van der Waals surface area contributed by atoms with E-state index in [1.807, 2.05) is 0 Å². The van der Waals surface area contributed by atoms with Crippen LogP contribution in [0.3, 0.4) is 0 Å². The fourth-order valence-electron chi connectivity index (χ4n) is 1.45. The van der Waals surface area contributed by atoms with Crippen molar-refractivity contribution < 1.29 is 14.6 Å². The zero-order valence-corrected chi connectivity index (χ0v) is 8.69. The van der Waals surface area contributed by atoms with Crippen LogP contribution >= 0.6 is 0 Å². The summed E-state index contributed by atoms with van der Waals surface area (Å²) < 4.78 is 4.95. The number of β-amino-alcohol motifs (C(OH)–C–C–N with tert-alkyl or cyclic N) is 1. The molecule has 1 aliphatic rings. The van der Waals surface area contributed by atoms with Crippen LogP contribution in [0.25, 0.3) is 0 Å². The number of ether oxygens (including phenoxy) is 1. The first-order valence-electron chi connectivity index (χ1n) is 4.85. The fourth-order valence-corrected chi connectivity index (χ4v) is 1.45. The van der Waals surface area contributed by atoms with Gasteiger partial charge in [0.1, 0.15) is 6.10 Å². The first-order valence-corrected chi connectivity index (χ1v) is 4.85. The molecule has 0 spiro atoms. The van der Waals surface area contributed by atoms with Gasteiger partial charge in [-0.05, 0) is 6.92 Å². The van der Waals surface area contributed by atoms with Gasteiger partial charge in [0.15, 0.2) is 0 Å². The summed E-state index contributed by atoms with van der Waals surface area (Å²) in [6, 6.07) is 0.